The summed E-state index contributed by atoms with van der Waals surface area (Å²) in [5, 5.41) is 2.61. The van der Waals surface area contributed by atoms with Crippen LogP contribution in [0.15, 0.2) is 18.2 Å². The lowest BCUT2D eigenvalue weighted by molar-refractivity contribution is -0.119. The molecule has 2 saturated heterocycles. The highest BCUT2D eigenvalue weighted by molar-refractivity contribution is 5.89. The van der Waals surface area contributed by atoms with Gasteiger partial charge in [-0.3, -0.25) is 9.69 Å². The Morgan fingerprint density at radius 3 is 2.70 bits per heavy atom. The second-order valence-electron chi connectivity index (χ2n) is 7.06. The number of hydrogen-bond acceptors (Lipinski definition) is 4. The number of cyclic esters (lactones) is 1. The molecule has 1 N–H and O–H groups in total. The Bertz CT molecular complexity index is 693. The number of alkyl halides is 1. The van der Waals surface area contributed by atoms with Gasteiger partial charge in [0.2, 0.25) is 5.91 Å². The fourth-order valence-corrected chi connectivity index (χ4v) is 3.70. The Balaban J connectivity index is 1.63. The number of carbonyl (C=O) groups excluding carboxylic acids is 2. The number of ether oxygens (including phenoxy) is 1. The van der Waals surface area contributed by atoms with Crippen LogP contribution in [0.4, 0.5) is 19.3 Å². The molecule has 1 aromatic carbocycles. The molecule has 0 saturated carbocycles. The molecule has 1 atom stereocenters. The molecule has 0 bridgehead atoms. The lowest BCUT2D eigenvalue weighted by Gasteiger charge is -2.31. The minimum atomic E-state index is -0.544. The van der Waals surface area contributed by atoms with Crippen LogP contribution in [0, 0.1) is 5.82 Å². The van der Waals surface area contributed by atoms with Crippen LogP contribution in [0.1, 0.15) is 31.2 Å². The molecule has 3 rings (SSSR count). The largest absolute Gasteiger partial charge is 0.442 e. The summed E-state index contributed by atoms with van der Waals surface area (Å²) >= 11 is 0. The van der Waals surface area contributed by atoms with Gasteiger partial charge in [0.15, 0.2) is 0 Å². The Morgan fingerprint density at radius 1 is 1.33 bits per heavy atom. The third-order valence-electron chi connectivity index (χ3n) is 5.18. The monoisotopic (exact) mass is 381 g/mol. The topological polar surface area (TPSA) is 61.9 Å². The highest BCUT2D eigenvalue weighted by atomic mass is 19.1. The number of rotatable bonds is 6. The van der Waals surface area contributed by atoms with E-state index >= 15 is 0 Å². The fraction of sp³-hybridized carbons (Fsp3) is 0.579. The van der Waals surface area contributed by atoms with Crippen molar-refractivity contribution >= 4 is 17.7 Å². The lowest BCUT2D eigenvalue weighted by atomic mass is 9.89. The number of nitrogens with zero attached hydrogens (tertiary/aromatic N) is 2. The maximum atomic E-state index is 14.7. The maximum absolute atomic E-state index is 14.7. The van der Waals surface area contributed by atoms with Gasteiger partial charge in [-0.25, -0.2) is 13.6 Å². The number of halogens is 2. The Labute approximate surface area is 157 Å². The zero-order valence-electron chi connectivity index (χ0n) is 15.4. The Morgan fingerprint density at radius 2 is 2.07 bits per heavy atom. The van der Waals surface area contributed by atoms with E-state index in [2.05, 4.69) is 10.2 Å². The standard InChI is InChI=1S/C19H25F2N3O3/c1-13(25)22-11-16-12-24(19(26)27-16)15-2-3-17(18(21)10-15)14-4-7-23(8-5-14)9-6-20/h2-3,10,14,16H,4-9,11-12H2,1H3,(H,22,25)/t16-/m0/s1. The molecule has 0 spiro atoms. The molecule has 2 aliphatic rings. The zero-order chi connectivity index (χ0) is 19.4. The normalized spacial score (nSPS) is 21.4. The average Bonchev–Trinajstić information content (AvgIpc) is 3.02. The molecule has 0 unspecified atom stereocenters. The first-order valence-corrected chi connectivity index (χ1v) is 9.28. The summed E-state index contributed by atoms with van der Waals surface area (Å²) in [5.41, 5.74) is 1.09. The van der Waals surface area contributed by atoms with Crippen LogP contribution in [0.25, 0.3) is 0 Å². The molecule has 27 heavy (non-hydrogen) atoms. The minimum absolute atomic E-state index is 0.105. The predicted octanol–water partition coefficient (Wildman–Crippen LogP) is 2.44. The van der Waals surface area contributed by atoms with Gasteiger partial charge in [0.25, 0.3) is 0 Å². The van der Waals surface area contributed by atoms with Crippen molar-refractivity contribution in [1.29, 1.82) is 0 Å². The summed E-state index contributed by atoms with van der Waals surface area (Å²) in [4.78, 5) is 26.5. The first-order chi connectivity index (χ1) is 13.0. The van der Waals surface area contributed by atoms with Gasteiger partial charge in [0, 0.05) is 13.5 Å². The lowest BCUT2D eigenvalue weighted by Crippen LogP contribution is -2.34. The number of amides is 2. The smallest absolute Gasteiger partial charge is 0.414 e. The average molecular weight is 381 g/mol. The molecule has 6 nitrogen and oxygen atoms in total. The van der Waals surface area contributed by atoms with Gasteiger partial charge in [0.1, 0.15) is 18.6 Å². The molecule has 2 aliphatic heterocycles. The van der Waals surface area contributed by atoms with Crippen LogP contribution in [-0.4, -0.2) is 62.4 Å². The van der Waals surface area contributed by atoms with Crippen LogP contribution in [-0.2, 0) is 9.53 Å². The molecule has 0 radical (unpaired) electrons. The van der Waals surface area contributed by atoms with E-state index in [0.717, 1.165) is 25.9 Å². The highest BCUT2D eigenvalue weighted by Gasteiger charge is 2.33. The molecule has 2 fully saturated rings. The van der Waals surface area contributed by atoms with E-state index in [1.807, 2.05) is 0 Å². The van der Waals surface area contributed by atoms with Crippen LogP contribution in [0.2, 0.25) is 0 Å². The van der Waals surface area contributed by atoms with E-state index < -0.39 is 12.2 Å². The number of benzene rings is 1. The third kappa shape index (κ3) is 4.74. The Kier molecular flexibility index (Phi) is 6.26. The SMILES string of the molecule is CC(=O)NC[C@H]1CN(c2ccc(C3CCN(CCF)CC3)c(F)c2)C(=O)O1. The molecule has 2 amide bonds. The Hall–Kier alpha value is -2.22. The molecule has 2 heterocycles. The van der Waals surface area contributed by atoms with Crippen molar-refractivity contribution < 1.29 is 23.1 Å². The third-order valence-corrected chi connectivity index (χ3v) is 5.18. The minimum Gasteiger partial charge on any atom is -0.442 e. The molecule has 0 aliphatic carbocycles. The number of carbonyl (C=O) groups is 2. The summed E-state index contributed by atoms with van der Waals surface area (Å²) in [6, 6.07) is 4.83. The molecular weight excluding hydrogens is 356 g/mol. The summed E-state index contributed by atoms with van der Waals surface area (Å²) in [7, 11) is 0. The van der Waals surface area contributed by atoms with Crippen molar-refractivity contribution in [2.24, 2.45) is 0 Å². The van der Waals surface area contributed by atoms with E-state index in [9.17, 15) is 18.4 Å². The molecule has 8 heteroatoms. The quantitative estimate of drug-likeness (QED) is 0.822. The van der Waals surface area contributed by atoms with Crippen LogP contribution in [0.3, 0.4) is 0 Å². The van der Waals surface area contributed by atoms with Crippen molar-refractivity contribution in [3.05, 3.63) is 29.6 Å². The van der Waals surface area contributed by atoms with Crippen molar-refractivity contribution in [1.82, 2.24) is 10.2 Å². The number of nitrogens with one attached hydrogen (secondary N) is 1. The maximum Gasteiger partial charge on any atom is 0.414 e. The predicted molar refractivity (Wildman–Crippen MR) is 97.1 cm³/mol. The number of piperidine rings is 1. The van der Waals surface area contributed by atoms with Gasteiger partial charge in [0.05, 0.1) is 18.8 Å². The summed E-state index contributed by atoms with van der Waals surface area (Å²) in [6.07, 6.45) is 0.586. The number of hydrogen-bond donors (Lipinski definition) is 1. The fourth-order valence-electron chi connectivity index (χ4n) is 3.70. The summed E-state index contributed by atoms with van der Waals surface area (Å²) in [6.45, 7) is 3.49. The first kappa shape index (κ1) is 19.5. The summed E-state index contributed by atoms with van der Waals surface area (Å²) in [5.74, 6) is -0.431. The van der Waals surface area contributed by atoms with E-state index in [0.29, 0.717) is 17.8 Å². The van der Waals surface area contributed by atoms with Crippen LogP contribution >= 0.6 is 0 Å². The second kappa shape index (κ2) is 8.65. The van der Waals surface area contributed by atoms with Crippen LogP contribution < -0.4 is 10.2 Å². The summed E-state index contributed by atoms with van der Waals surface area (Å²) < 4.78 is 32.4. The van der Waals surface area contributed by atoms with Gasteiger partial charge in [-0.1, -0.05) is 6.07 Å². The zero-order valence-corrected chi connectivity index (χ0v) is 15.4. The van der Waals surface area contributed by atoms with Gasteiger partial charge < -0.3 is 15.0 Å². The molecular formula is C19H25F2N3O3. The van der Waals surface area contributed by atoms with Crippen molar-refractivity contribution in [2.75, 3.05) is 44.3 Å². The van der Waals surface area contributed by atoms with E-state index in [4.69, 9.17) is 4.74 Å². The second-order valence-corrected chi connectivity index (χ2v) is 7.06. The van der Waals surface area contributed by atoms with Crippen molar-refractivity contribution in [2.45, 2.75) is 31.8 Å². The van der Waals surface area contributed by atoms with Gasteiger partial charge in [-0.2, -0.15) is 0 Å². The van der Waals surface area contributed by atoms with E-state index in [1.54, 1.807) is 12.1 Å². The first-order valence-electron chi connectivity index (χ1n) is 9.28. The van der Waals surface area contributed by atoms with Crippen LogP contribution in [0.5, 0.6) is 0 Å². The van der Waals surface area contributed by atoms with Crippen molar-refractivity contribution in [3.63, 3.8) is 0 Å². The molecule has 1 aromatic rings. The van der Waals surface area contributed by atoms with Gasteiger partial charge in [-0.05, 0) is 49.5 Å². The number of likely N-dealkylation sites (tertiary alicyclic amines) is 1. The molecule has 148 valence electrons. The van der Waals surface area contributed by atoms with Crippen molar-refractivity contribution in [3.8, 4) is 0 Å². The van der Waals surface area contributed by atoms with Gasteiger partial charge >= 0.3 is 6.09 Å². The van der Waals surface area contributed by atoms with E-state index in [1.165, 1.54) is 17.9 Å². The van der Waals surface area contributed by atoms with E-state index in [-0.39, 0.29) is 37.4 Å². The number of anilines is 1. The van der Waals surface area contributed by atoms with Gasteiger partial charge in [-0.15, -0.1) is 0 Å². The molecule has 0 aromatic heterocycles. The highest BCUT2D eigenvalue weighted by Crippen LogP contribution is 2.32.